The van der Waals surface area contributed by atoms with Gasteiger partial charge in [-0.15, -0.1) is 0 Å². The standard InChI is InChI=1S/C82H84Cl4N8O30/c1-29(2)9-7-5-4-6-8-10-52(100)88-62-66(104)68(106)72(80(116)117)124-81(62)123-71-49-22-33-23-50(71)120-70-41(84)19-34(20-42(70)85)64(102)61-78(113)92-59(79(114)115)38-24-35(96)25-48(121-82-69(107)67(105)65(103)51(28-95)122-82)53(38)37-17-30(11-14-43(37)97)56(74(109)94-61)89-75(110)57(33)90-76(111)58-39-26-36(27-45(99)54(39)86)118-47-21-31(12-15-44(47)98)55(87-3)73(108)93-60(77(112)91-58)63(101)32-13-16-46(119-49)40(83)18-32/h11-27,29,51,55-69,72,81-82,87,95-99,101-107H,4-10,28H2,1-3H3,(H,88,100)(H,89,110)(H,90,111)(H,91,112)(H,92,113)(H,93,108)(H,94,109)(H,114,115)(H,116,117)/t51-,55-,56-,57-,58+,59+,60-,61+,62-,63-,64-,65-,66-,67+,68+,69+,72+,81-,82+/m1/s1. The van der Waals surface area contributed by atoms with Crippen molar-refractivity contribution < 1.29 is 148 Å². The minimum absolute atomic E-state index is 0.0705. The third kappa shape index (κ3) is 18.9. The van der Waals surface area contributed by atoms with Crippen LogP contribution in [0.15, 0.2) is 103 Å². The lowest BCUT2D eigenvalue weighted by molar-refractivity contribution is -0.277. The van der Waals surface area contributed by atoms with Crippen LogP contribution < -0.4 is 66.2 Å². The van der Waals surface area contributed by atoms with Crippen molar-refractivity contribution in [1.82, 2.24) is 42.5 Å². The second kappa shape index (κ2) is 37.6. The lowest BCUT2D eigenvalue weighted by Gasteiger charge is -2.41. The molecular weight excluding hydrogens is 1720 g/mol. The third-order valence-electron chi connectivity index (χ3n) is 21.6. The van der Waals surface area contributed by atoms with E-state index in [1.807, 2.05) is 0 Å². The first-order valence-corrected chi connectivity index (χ1v) is 40.2. The smallest absolute Gasteiger partial charge is 0.335 e. The Kier molecular flexibility index (Phi) is 27.4. The number of nitrogens with one attached hydrogen (secondary N) is 8. The fourth-order valence-corrected chi connectivity index (χ4v) is 16.2. The van der Waals surface area contributed by atoms with E-state index in [4.69, 9.17) is 79.6 Å². The Hall–Kier alpha value is -11.3. The highest BCUT2D eigenvalue weighted by Gasteiger charge is 2.52. The molecule has 7 amide bonds. The van der Waals surface area contributed by atoms with Crippen molar-refractivity contribution in [3.63, 3.8) is 0 Å². The van der Waals surface area contributed by atoms with E-state index >= 15 is 24.0 Å². The lowest BCUT2D eigenvalue weighted by atomic mass is 9.89. The van der Waals surface area contributed by atoms with Crippen molar-refractivity contribution in [2.75, 3.05) is 13.7 Å². The summed E-state index contributed by atoms with van der Waals surface area (Å²) >= 11 is 28.5. The Labute approximate surface area is 722 Å². The summed E-state index contributed by atoms with van der Waals surface area (Å²) in [5.41, 5.74) is -4.55. The van der Waals surface area contributed by atoms with E-state index in [9.17, 15) is 90.7 Å². The summed E-state index contributed by atoms with van der Waals surface area (Å²) in [5, 5.41) is 178. The number of amides is 7. The van der Waals surface area contributed by atoms with Gasteiger partial charge in [0.15, 0.2) is 40.9 Å². The van der Waals surface area contributed by atoms with Gasteiger partial charge in [-0.2, -0.15) is 0 Å². The van der Waals surface area contributed by atoms with Gasteiger partial charge in [-0.25, -0.2) is 9.59 Å². The SMILES string of the molecule is CN[C@H]1C(=O)N[C@H]2C(=O)N[C@H](C(=O)N[C@H]3C(=O)N[C@H]4C(=O)N[C@H](C(=O)N[C@H](C(=O)O)c5cc(O)cc(O[C@H]6O[C@H](CO)[C@@H](O)[C@H](O)[C@@H]6O)c5-c5cc4ccc5O)[C@H](O)c4cc(Cl)c(c(Cl)c4)Oc4cc3cc(c4O[C@@H]3O[C@H](C(=O)O)[C@@H](O)[C@H](O)[C@H]3NC(=O)CCCCCCCC(C)C)Oc3ccc(cc3Cl)[C@H]2O)c2cc(cc(O)c2Cl)Oc2cc1ccc2O. The van der Waals surface area contributed by atoms with Gasteiger partial charge >= 0.3 is 11.9 Å². The zero-order valence-corrected chi connectivity index (χ0v) is 68.3. The lowest BCUT2D eigenvalue weighted by Crippen LogP contribution is -2.66. The molecule has 0 saturated carbocycles. The minimum atomic E-state index is -2.59. The van der Waals surface area contributed by atoms with Gasteiger partial charge in [-0.3, -0.25) is 33.6 Å². The Morgan fingerprint density at radius 2 is 1.10 bits per heavy atom. The number of aliphatic hydroxyl groups is 8. The molecule has 0 aromatic heterocycles. The van der Waals surface area contributed by atoms with Crippen molar-refractivity contribution in [2.24, 2.45) is 5.92 Å². The quantitative estimate of drug-likeness (QED) is 0.0554. The zero-order valence-electron chi connectivity index (χ0n) is 65.3. The number of hydrogen-bond acceptors (Lipinski definition) is 29. The number of carbonyl (C=O) groups is 9. The molecule has 2 saturated heterocycles. The van der Waals surface area contributed by atoms with Crippen molar-refractivity contribution >= 4 is 99.7 Å². The van der Waals surface area contributed by atoms with Gasteiger partial charge in [-0.05, 0) is 120 Å². The minimum Gasteiger partial charge on any atom is -0.508 e. The van der Waals surface area contributed by atoms with Crippen LogP contribution in [0.3, 0.4) is 0 Å². The average molecular weight is 1800 g/mol. The van der Waals surface area contributed by atoms with Crippen molar-refractivity contribution in [1.29, 1.82) is 0 Å². The van der Waals surface area contributed by atoms with Crippen LogP contribution in [0.1, 0.15) is 140 Å². The van der Waals surface area contributed by atoms with Gasteiger partial charge in [-0.1, -0.05) is 111 Å². The number of halogens is 4. The van der Waals surface area contributed by atoms with Crippen LogP contribution in [0.5, 0.6) is 69.0 Å². The van der Waals surface area contributed by atoms with Crippen molar-refractivity contribution in [3.05, 3.63) is 162 Å². The van der Waals surface area contributed by atoms with Gasteiger partial charge in [0.1, 0.15) is 126 Å². The number of aliphatic hydroxyl groups excluding tert-OH is 8. The maximum absolute atomic E-state index is 16.7. The molecule has 42 heteroatoms. The highest BCUT2D eigenvalue weighted by Crippen LogP contribution is 2.52. The summed E-state index contributed by atoms with van der Waals surface area (Å²) in [6, 6.07) is -1.40. The predicted molar refractivity (Wildman–Crippen MR) is 430 cm³/mol. The van der Waals surface area contributed by atoms with E-state index in [0.717, 1.165) is 117 Å². The van der Waals surface area contributed by atoms with Gasteiger partial charge in [0.2, 0.25) is 59.7 Å². The third-order valence-corrected chi connectivity index (χ3v) is 22.9. The molecule has 8 aliphatic rings. The summed E-state index contributed by atoms with van der Waals surface area (Å²) in [7, 11) is 1.34. The topological polar surface area (TPSA) is 598 Å². The first-order valence-electron chi connectivity index (χ1n) is 38.7. The summed E-state index contributed by atoms with van der Waals surface area (Å²) in [4.78, 5) is 136. The molecule has 8 aliphatic heterocycles. The summed E-state index contributed by atoms with van der Waals surface area (Å²) in [5.74, 6) is -21.6. The van der Waals surface area contributed by atoms with Crippen LogP contribution in [0.4, 0.5) is 0 Å². The number of aromatic hydroxyl groups is 4. The maximum Gasteiger partial charge on any atom is 0.335 e. The Morgan fingerprint density at radius 1 is 0.500 bits per heavy atom. The van der Waals surface area contributed by atoms with E-state index in [2.05, 4.69) is 56.4 Å². The van der Waals surface area contributed by atoms with Crippen LogP contribution in [0.2, 0.25) is 20.1 Å². The molecular formula is C82H84Cl4N8O30. The molecule has 124 heavy (non-hydrogen) atoms. The molecule has 19 atom stereocenters. The molecule has 8 heterocycles. The van der Waals surface area contributed by atoms with E-state index < -0.39 is 304 Å². The summed E-state index contributed by atoms with van der Waals surface area (Å²) < 4.78 is 43.8. The maximum atomic E-state index is 16.7. The zero-order chi connectivity index (χ0) is 89.5. The molecule has 0 aliphatic carbocycles. The van der Waals surface area contributed by atoms with Crippen LogP contribution in [-0.4, -0.2) is 212 Å². The highest BCUT2D eigenvalue weighted by molar-refractivity contribution is 6.37. The largest absolute Gasteiger partial charge is 0.508 e. The van der Waals surface area contributed by atoms with Crippen molar-refractivity contribution in [3.8, 4) is 80.1 Å². The van der Waals surface area contributed by atoms with E-state index in [0.29, 0.717) is 18.8 Å². The molecule has 0 unspecified atom stereocenters. The van der Waals surface area contributed by atoms with Gasteiger partial charge in [0.05, 0.1) is 26.7 Å². The highest BCUT2D eigenvalue weighted by atomic mass is 35.5. The fraction of sp³-hybridized carbons (Fsp3) is 0.378. The second-order valence-electron chi connectivity index (χ2n) is 30.6. The molecule has 2 fully saturated rings. The van der Waals surface area contributed by atoms with Crippen LogP contribution in [-0.2, 0) is 52.6 Å². The first-order chi connectivity index (χ1) is 58.9. The number of carbonyl (C=O) groups excluding carboxylic acids is 7. The molecule has 0 radical (unpaired) electrons. The number of phenols is 4. The number of carboxylic acid groups (broad SMARTS) is 2. The number of fused-ring (bicyclic) bond motifs is 14. The number of benzene rings is 7. The Bertz CT molecular complexity index is 5340. The predicted octanol–water partition coefficient (Wildman–Crippen LogP) is 4.59. The molecule has 7 aromatic rings. The van der Waals surface area contributed by atoms with Gasteiger partial charge in [0, 0.05) is 40.8 Å². The van der Waals surface area contributed by atoms with Gasteiger partial charge < -0.3 is 147 Å². The van der Waals surface area contributed by atoms with E-state index in [1.165, 1.54) is 19.2 Å². The molecule has 17 bridgehead atoms. The molecule has 7 aromatic carbocycles. The Morgan fingerprint density at radius 3 is 1.77 bits per heavy atom. The summed E-state index contributed by atoms with van der Waals surface area (Å²) in [6.45, 7) is 3.16. The van der Waals surface area contributed by atoms with Crippen LogP contribution in [0.25, 0.3) is 11.1 Å². The molecule has 38 nitrogen and oxygen atoms in total. The number of rotatable bonds is 17. The van der Waals surface area contributed by atoms with Crippen LogP contribution in [0, 0.1) is 5.92 Å². The number of ether oxygens (including phenoxy) is 7. The van der Waals surface area contributed by atoms with Crippen LogP contribution >= 0.6 is 46.4 Å². The Balaban J connectivity index is 1.07. The average Bonchev–Trinajstić information content (AvgIpc) is 0.766. The molecule has 660 valence electrons. The van der Waals surface area contributed by atoms with E-state index in [1.54, 1.807) is 0 Å². The normalized spacial score (nSPS) is 26.9. The number of phenolic OH excluding ortho intramolecular Hbond substituents is 4. The number of likely N-dealkylation sites (N-methyl/N-ethyl adjacent to an activating group) is 1. The first kappa shape index (κ1) is 90.4. The fourth-order valence-electron chi connectivity index (χ4n) is 15.2. The monoisotopic (exact) mass is 1800 g/mol. The van der Waals surface area contributed by atoms with Gasteiger partial charge in [0.25, 0.3) is 0 Å². The molecule has 22 N–H and O–H groups in total. The van der Waals surface area contributed by atoms with E-state index in [-0.39, 0.29) is 17.5 Å². The van der Waals surface area contributed by atoms with Crippen molar-refractivity contribution in [2.45, 2.75) is 175 Å². The second-order valence-corrected chi connectivity index (χ2v) is 32.2. The number of carboxylic acids is 2. The molecule has 15 rings (SSSR count). The number of aliphatic carboxylic acids is 2. The number of unbranched alkanes of at least 4 members (excludes halogenated alkanes) is 4. The molecule has 0 spiro atoms. The number of hydrogen-bond donors (Lipinski definition) is 22. The summed E-state index contributed by atoms with van der Waals surface area (Å²) in [6.07, 6.45) is -20.1.